The van der Waals surface area contributed by atoms with E-state index in [0.717, 1.165) is 11.1 Å². The summed E-state index contributed by atoms with van der Waals surface area (Å²) in [5.74, 6) is -0.973. The van der Waals surface area contributed by atoms with Crippen LogP contribution in [0, 0.1) is 0 Å². The van der Waals surface area contributed by atoms with Gasteiger partial charge in [-0.25, -0.2) is 14.4 Å². The fourth-order valence-corrected chi connectivity index (χ4v) is 2.86. The predicted molar refractivity (Wildman–Crippen MR) is 77.9 cm³/mol. The minimum absolute atomic E-state index is 0.273. The van der Waals surface area contributed by atoms with Gasteiger partial charge in [0.05, 0.1) is 14.2 Å². The van der Waals surface area contributed by atoms with E-state index in [1.165, 1.54) is 24.0 Å². The lowest BCUT2D eigenvalue weighted by atomic mass is 10.2. The Morgan fingerprint density at radius 2 is 1.27 bits per heavy atom. The van der Waals surface area contributed by atoms with Crippen molar-refractivity contribution >= 4 is 18.0 Å². The standard InChI is InChI=1S/C15H20N2O5/c1-9-5-11(13(18)21-3)16(7-9)15(20)17-8-10(2)6-12(17)14(19)22-4/h11-12H,1-2,5-8H2,3-4H3/t11-,12-/m0/s1. The number of hydrogen-bond acceptors (Lipinski definition) is 5. The molecule has 0 unspecified atom stereocenters. The van der Waals surface area contributed by atoms with Gasteiger partial charge in [-0.3, -0.25) is 0 Å². The molecule has 0 bridgehead atoms. The van der Waals surface area contributed by atoms with Crippen LogP contribution < -0.4 is 0 Å². The van der Waals surface area contributed by atoms with E-state index in [0.29, 0.717) is 12.8 Å². The third kappa shape index (κ3) is 2.84. The summed E-state index contributed by atoms with van der Waals surface area (Å²) in [6.07, 6.45) is 0.742. The number of likely N-dealkylation sites (tertiary alicyclic amines) is 2. The molecule has 22 heavy (non-hydrogen) atoms. The average molecular weight is 308 g/mol. The molecule has 2 rings (SSSR count). The Hall–Kier alpha value is -2.31. The number of carbonyl (C=O) groups excluding carboxylic acids is 3. The smallest absolute Gasteiger partial charge is 0.328 e. The minimum atomic E-state index is -0.697. The maximum atomic E-state index is 12.8. The Bertz CT molecular complexity index is 496. The lowest BCUT2D eigenvalue weighted by Crippen LogP contribution is -2.51. The van der Waals surface area contributed by atoms with Gasteiger partial charge in [0.2, 0.25) is 0 Å². The molecule has 2 fully saturated rings. The molecule has 7 nitrogen and oxygen atoms in total. The summed E-state index contributed by atoms with van der Waals surface area (Å²) in [6.45, 7) is 8.22. The van der Waals surface area contributed by atoms with Gasteiger partial charge in [-0.05, 0) is 0 Å². The van der Waals surface area contributed by atoms with Gasteiger partial charge in [0, 0.05) is 25.9 Å². The summed E-state index contributed by atoms with van der Waals surface area (Å²) < 4.78 is 9.48. The molecule has 0 radical (unpaired) electrons. The maximum Gasteiger partial charge on any atom is 0.328 e. The molecule has 7 heteroatoms. The highest BCUT2D eigenvalue weighted by atomic mass is 16.5. The molecule has 2 saturated heterocycles. The highest BCUT2D eigenvalue weighted by Crippen LogP contribution is 2.28. The average Bonchev–Trinajstić information content (AvgIpc) is 3.08. The summed E-state index contributed by atoms with van der Waals surface area (Å²) in [5.41, 5.74) is 1.55. The van der Waals surface area contributed by atoms with Gasteiger partial charge in [0.25, 0.3) is 0 Å². The second kappa shape index (κ2) is 6.21. The van der Waals surface area contributed by atoms with Crippen molar-refractivity contribution < 1.29 is 23.9 Å². The van der Waals surface area contributed by atoms with E-state index in [1.54, 1.807) is 0 Å². The molecule has 0 aromatic rings. The molecular weight excluding hydrogens is 288 g/mol. The van der Waals surface area contributed by atoms with Crippen LogP contribution in [-0.2, 0) is 19.1 Å². The van der Waals surface area contributed by atoms with Crippen LogP contribution in [0.15, 0.2) is 24.3 Å². The Balaban J connectivity index is 2.21. The number of esters is 2. The lowest BCUT2D eigenvalue weighted by Gasteiger charge is -2.30. The Labute approximate surface area is 129 Å². The number of methoxy groups -OCH3 is 2. The topological polar surface area (TPSA) is 76.2 Å². The summed E-state index contributed by atoms with van der Waals surface area (Å²) in [5, 5.41) is 0. The van der Waals surface area contributed by atoms with E-state index in [9.17, 15) is 14.4 Å². The van der Waals surface area contributed by atoms with Crippen LogP contribution in [0.3, 0.4) is 0 Å². The first-order valence-electron chi connectivity index (χ1n) is 6.95. The van der Waals surface area contributed by atoms with Crippen LogP contribution in [0.4, 0.5) is 4.79 Å². The number of carbonyl (C=O) groups is 3. The Morgan fingerprint density at radius 3 is 1.59 bits per heavy atom. The zero-order valence-electron chi connectivity index (χ0n) is 12.8. The molecule has 0 aromatic heterocycles. The zero-order valence-corrected chi connectivity index (χ0v) is 12.8. The molecule has 0 aliphatic carbocycles. The van der Waals surface area contributed by atoms with Crippen molar-refractivity contribution in [2.75, 3.05) is 27.3 Å². The van der Waals surface area contributed by atoms with Crippen molar-refractivity contribution in [3.8, 4) is 0 Å². The van der Waals surface area contributed by atoms with E-state index < -0.39 is 30.1 Å². The second-order valence-corrected chi connectivity index (χ2v) is 5.52. The largest absolute Gasteiger partial charge is 0.467 e. The number of hydrogen-bond donors (Lipinski definition) is 0. The summed E-state index contributed by atoms with van der Waals surface area (Å²) >= 11 is 0. The number of nitrogens with zero attached hydrogens (tertiary/aromatic N) is 2. The van der Waals surface area contributed by atoms with Crippen LogP contribution in [0.2, 0.25) is 0 Å². The molecule has 120 valence electrons. The molecular formula is C15H20N2O5. The molecule has 2 atom stereocenters. The van der Waals surface area contributed by atoms with Crippen molar-refractivity contribution in [2.24, 2.45) is 0 Å². The van der Waals surface area contributed by atoms with Gasteiger partial charge in [0.15, 0.2) is 0 Å². The van der Waals surface area contributed by atoms with E-state index in [2.05, 4.69) is 13.2 Å². The van der Waals surface area contributed by atoms with E-state index >= 15 is 0 Å². The fraction of sp³-hybridized carbons (Fsp3) is 0.533. The van der Waals surface area contributed by atoms with Gasteiger partial charge < -0.3 is 19.3 Å². The van der Waals surface area contributed by atoms with Crippen LogP contribution in [0.1, 0.15) is 12.8 Å². The van der Waals surface area contributed by atoms with Crippen molar-refractivity contribution in [3.63, 3.8) is 0 Å². The molecule has 2 aliphatic rings. The number of urea groups is 1. The quantitative estimate of drug-likeness (QED) is 0.555. The molecule has 2 amide bonds. The van der Waals surface area contributed by atoms with Crippen LogP contribution >= 0.6 is 0 Å². The van der Waals surface area contributed by atoms with E-state index in [-0.39, 0.29) is 13.1 Å². The van der Waals surface area contributed by atoms with Crippen molar-refractivity contribution in [2.45, 2.75) is 24.9 Å². The first-order chi connectivity index (χ1) is 10.4. The minimum Gasteiger partial charge on any atom is -0.467 e. The van der Waals surface area contributed by atoms with Gasteiger partial charge >= 0.3 is 18.0 Å². The lowest BCUT2D eigenvalue weighted by molar-refractivity contribution is -0.145. The van der Waals surface area contributed by atoms with E-state index in [1.807, 2.05) is 0 Å². The number of amides is 2. The first-order valence-corrected chi connectivity index (χ1v) is 6.95. The third-order valence-corrected chi connectivity index (χ3v) is 3.94. The SMILES string of the molecule is C=C1C[C@@H](C(=O)OC)N(C(=O)N2CC(=C)C[C@H]2C(=O)OC)C1. The van der Waals surface area contributed by atoms with Crippen molar-refractivity contribution in [3.05, 3.63) is 24.3 Å². The first kappa shape index (κ1) is 16.1. The van der Waals surface area contributed by atoms with Gasteiger partial charge in [0.1, 0.15) is 12.1 Å². The normalized spacial score (nSPS) is 24.6. The summed E-state index contributed by atoms with van der Waals surface area (Å²) in [6, 6.07) is -1.79. The number of ether oxygens (including phenoxy) is 2. The Morgan fingerprint density at radius 1 is 0.909 bits per heavy atom. The monoisotopic (exact) mass is 308 g/mol. The van der Waals surface area contributed by atoms with Crippen LogP contribution in [-0.4, -0.2) is 67.2 Å². The van der Waals surface area contributed by atoms with Crippen molar-refractivity contribution in [1.29, 1.82) is 0 Å². The molecule has 0 N–H and O–H groups in total. The van der Waals surface area contributed by atoms with E-state index in [4.69, 9.17) is 9.47 Å². The molecule has 2 aliphatic heterocycles. The van der Waals surface area contributed by atoms with Crippen molar-refractivity contribution in [1.82, 2.24) is 9.80 Å². The molecule has 0 saturated carbocycles. The summed E-state index contributed by atoms with van der Waals surface area (Å²) in [7, 11) is 2.56. The predicted octanol–water partition coefficient (Wildman–Crippen LogP) is 0.713. The fourth-order valence-electron chi connectivity index (χ4n) is 2.86. The molecule has 2 heterocycles. The van der Waals surface area contributed by atoms with Crippen LogP contribution in [0.25, 0.3) is 0 Å². The second-order valence-electron chi connectivity index (χ2n) is 5.52. The van der Waals surface area contributed by atoms with Crippen LogP contribution in [0.5, 0.6) is 0 Å². The van der Waals surface area contributed by atoms with Gasteiger partial charge in [-0.2, -0.15) is 0 Å². The molecule has 0 spiro atoms. The zero-order chi connectivity index (χ0) is 16.4. The molecule has 0 aromatic carbocycles. The third-order valence-electron chi connectivity index (χ3n) is 3.94. The summed E-state index contributed by atoms with van der Waals surface area (Å²) in [4.78, 5) is 39.2. The van der Waals surface area contributed by atoms with Gasteiger partial charge in [-0.15, -0.1) is 0 Å². The number of rotatable bonds is 2. The van der Waals surface area contributed by atoms with Gasteiger partial charge in [-0.1, -0.05) is 24.3 Å². The highest BCUT2D eigenvalue weighted by molar-refractivity contribution is 5.89. The Kier molecular flexibility index (Phi) is 4.54. The maximum absolute atomic E-state index is 12.8. The highest BCUT2D eigenvalue weighted by Gasteiger charge is 2.44.